The molecule has 0 atom stereocenters. The Balaban J connectivity index is 0. The summed E-state index contributed by atoms with van der Waals surface area (Å²) < 4.78 is 0. The second-order valence-electron chi connectivity index (χ2n) is 4.30. The summed E-state index contributed by atoms with van der Waals surface area (Å²) in [6, 6.07) is 0. The first kappa shape index (κ1) is 15.1. The van der Waals surface area contributed by atoms with Crippen LogP contribution in [0.3, 0.4) is 0 Å². The van der Waals surface area contributed by atoms with Gasteiger partial charge in [-0.1, -0.05) is 34.6 Å². The van der Waals surface area contributed by atoms with Crippen LogP contribution >= 0.6 is 0 Å². The van der Waals surface area contributed by atoms with Crippen LogP contribution in [-0.4, -0.2) is 0 Å². The topological polar surface area (TPSA) is 0 Å². The molecule has 0 unspecified atom stereocenters. The summed E-state index contributed by atoms with van der Waals surface area (Å²) in [5.74, 6) is 4.68. The Morgan fingerprint density at radius 1 is 0.500 bits per heavy atom. The van der Waals surface area contributed by atoms with Crippen molar-refractivity contribution in [1.82, 2.24) is 0 Å². The van der Waals surface area contributed by atoms with Crippen molar-refractivity contribution >= 4 is 0 Å². The van der Waals surface area contributed by atoms with Crippen molar-refractivity contribution in [3.05, 3.63) is 7.43 Å². The standard InChI is InChI=1S/C10H20.CH3.Ru/c1-6-7(2)9(4)10(5)8(6)3;;/h6-10H,1-5H3;1H3;/q;-1;+1. The maximum absolute atomic E-state index is 2.40. The first-order chi connectivity index (χ1) is 4.55. The first-order valence-electron chi connectivity index (χ1n) is 4.55. The van der Waals surface area contributed by atoms with E-state index >= 15 is 0 Å². The normalized spacial score (nSPS) is 46.2. The summed E-state index contributed by atoms with van der Waals surface area (Å²) in [6.45, 7) is 12.0. The van der Waals surface area contributed by atoms with Gasteiger partial charge in [0, 0.05) is 0 Å². The molecule has 0 N–H and O–H groups in total. The van der Waals surface area contributed by atoms with E-state index in [4.69, 9.17) is 0 Å². The molecule has 1 aliphatic rings. The molecule has 1 aliphatic carbocycles. The van der Waals surface area contributed by atoms with Gasteiger partial charge in [-0.2, -0.15) is 0 Å². The van der Waals surface area contributed by atoms with Crippen LogP contribution < -0.4 is 0 Å². The maximum Gasteiger partial charge on any atom is 1.00 e. The quantitative estimate of drug-likeness (QED) is 0.458. The molecule has 0 aliphatic heterocycles. The van der Waals surface area contributed by atoms with Gasteiger partial charge in [0.1, 0.15) is 0 Å². The van der Waals surface area contributed by atoms with E-state index in [0.717, 1.165) is 29.6 Å². The van der Waals surface area contributed by atoms with Gasteiger partial charge >= 0.3 is 19.5 Å². The van der Waals surface area contributed by atoms with Crippen molar-refractivity contribution in [2.45, 2.75) is 34.6 Å². The van der Waals surface area contributed by atoms with Gasteiger partial charge in [0.25, 0.3) is 0 Å². The summed E-state index contributed by atoms with van der Waals surface area (Å²) in [7, 11) is 0. The average Bonchev–Trinajstić information content (AvgIpc) is 2.07. The van der Waals surface area contributed by atoms with E-state index in [-0.39, 0.29) is 26.9 Å². The third-order valence-electron chi connectivity index (χ3n) is 4.15. The molecule has 1 saturated carbocycles. The van der Waals surface area contributed by atoms with Crippen molar-refractivity contribution < 1.29 is 19.5 Å². The molecular formula is C11H23Ru. The van der Waals surface area contributed by atoms with Gasteiger partial charge in [0.05, 0.1) is 0 Å². The summed E-state index contributed by atoms with van der Waals surface area (Å²) in [4.78, 5) is 0. The number of rotatable bonds is 0. The third kappa shape index (κ3) is 2.31. The molecule has 1 rings (SSSR count). The second-order valence-corrected chi connectivity index (χ2v) is 4.30. The van der Waals surface area contributed by atoms with Crippen LogP contribution in [0.15, 0.2) is 0 Å². The molecule has 0 spiro atoms. The molecule has 12 heavy (non-hydrogen) atoms. The summed E-state index contributed by atoms with van der Waals surface area (Å²) >= 11 is 0. The van der Waals surface area contributed by atoms with Crippen molar-refractivity contribution in [3.8, 4) is 0 Å². The van der Waals surface area contributed by atoms with E-state index in [1.54, 1.807) is 0 Å². The van der Waals surface area contributed by atoms with Crippen molar-refractivity contribution in [2.75, 3.05) is 0 Å². The second kappa shape index (κ2) is 5.37. The Bertz CT molecular complexity index is 77.3. The Hall–Kier alpha value is 0.623. The molecule has 0 nitrogen and oxygen atoms in total. The van der Waals surface area contributed by atoms with Crippen molar-refractivity contribution in [3.63, 3.8) is 0 Å². The SMILES string of the molecule is CC1C(C)C(C)C(C)C1C.[CH3-].[Ru+]. The number of hydrogen-bond acceptors (Lipinski definition) is 0. The molecular weight excluding hydrogens is 233 g/mol. The monoisotopic (exact) mass is 257 g/mol. The zero-order valence-electron chi connectivity index (χ0n) is 9.24. The Morgan fingerprint density at radius 2 is 0.583 bits per heavy atom. The van der Waals surface area contributed by atoms with Crippen LogP contribution in [-0.2, 0) is 19.5 Å². The molecule has 0 saturated heterocycles. The molecule has 0 heterocycles. The molecule has 0 amide bonds. The van der Waals surface area contributed by atoms with E-state index in [9.17, 15) is 0 Å². The smallest absolute Gasteiger partial charge is 0.358 e. The fraction of sp³-hybridized carbons (Fsp3) is 0.909. The van der Waals surface area contributed by atoms with E-state index in [1.807, 2.05) is 0 Å². The maximum atomic E-state index is 2.40. The number of hydrogen-bond donors (Lipinski definition) is 0. The summed E-state index contributed by atoms with van der Waals surface area (Å²) in [5, 5.41) is 0. The predicted molar refractivity (Wildman–Crippen MR) is 52.2 cm³/mol. The summed E-state index contributed by atoms with van der Waals surface area (Å²) in [6.07, 6.45) is 0. The van der Waals surface area contributed by atoms with Gasteiger partial charge in [-0.25, -0.2) is 0 Å². The fourth-order valence-corrected chi connectivity index (χ4v) is 2.39. The molecule has 75 valence electrons. The Labute approximate surface area is 91.3 Å². The van der Waals surface area contributed by atoms with E-state index in [2.05, 4.69) is 34.6 Å². The van der Waals surface area contributed by atoms with Gasteiger partial charge in [-0.3, -0.25) is 0 Å². The fourth-order valence-electron chi connectivity index (χ4n) is 2.39. The van der Waals surface area contributed by atoms with Gasteiger partial charge in [0.15, 0.2) is 0 Å². The largest absolute Gasteiger partial charge is 1.00 e. The van der Waals surface area contributed by atoms with Crippen LogP contribution in [0, 0.1) is 37.0 Å². The molecule has 1 radical (unpaired) electrons. The zero-order chi connectivity index (χ0) is 7.89. The van der Waals surface area contributed by atoms with E-state index in [1.165, 1.54) is 0 Å². The third-order valence-corrected chi connectivity index (χ3v) is 4.15. The van der Waals surface area contributed by atoms with E-state index in [0.29, 0.717) is 0 Å². The average molecular weight is 256 g/mol. The molecule has 0 bridgehead atoms. The van der Waals surface area contributed by atoms with Gasteiger partial charge in [-0.15, -0.1) is 0 Å². The zero-order valence-corrected chi connectivity index (χ0v) is 11.0. The Morgan fingerprint density at radius 3 is 0.667 bits per heavy atom. The van der Waals surface area contributed by atoms with Crippen LogP contribution in [0.25, 0.3) is 0 Å². The minimum absolute atomic E-state index is 0. The minimum Gasteiger partial charge on any atom is -0.358 e. The van der Waals surface area contributed by atoms with Crippen molar-refractivity contribution in [2.24, 2.45) is 29.6 Å². The van der Waals surface area contributed by atoms with Gasteiger partial charge in [-0.05, 0) is 29.6 Å². The van der Waals surface area contributed by atoms with Gasteiger partial charge in [0.2, 0.25) is 0 Å². The summed E-state index contributed by atoms with van der Waals surface area (Å²) in [5.41, 5.74) is 0. The molecule has 1 fully saturated rings. The van der Waals surface area contributed by atoms with Gasteiger partial charge < -0.3 is 7.43 Å². The van der Waals surface area contributed by atoms with E-state index < -0.39 is 0 Å². The predicted octanol–water partition coefficient (Wildman–Crippen LogP) is 3.63. The van der Waals surface area contributed by atoms with Crippen LogP contribution in [0.5, 0.6) is 0 Å². The van der Waals surface area contributed by atoms with Crippen LogP contribution in [0.4, 0.5) is 0 Å². The molecule has 0 aromatic carbocycles. The minimum atomic E-state index is 0. The molecule has 0 aromatic heterocycles. The molecule has 1 heteroatoms. The van der Waals surface area contributed by atoms with Crippen LogP contribution in [0.2, 0.25) is 0 Å². The molecule has 0 aromatic rings. The Kier molecular flexibility index (Phi) is 6.77. The first-order valence-corrected chi connectivity index (χ1v) is 4.55. The van der Waals surface area contributed by atoms with Crippen LogP contribution in [0.1, 0.15) is 34.6 Å². The van der Waals surface area contributed by atoms with Crippen molar-refractivity contribution in [1.29, 1.82) is 0 Å².